The molecule has 1 saturated heterocycles. The summed E-state index contributed by atoms with van der Waals surface area (Å²) in [5.41, 5.74) is 9.10. The zero-order valence-electron chi connectivity index (χ0n) is 12.1. The molecule has 2 heterocycles. The molecular formula is C16H23N3O. The number of rotatable bonds is 1. The zero-order chi connectivity index (χ0) is 14.1. The summed E-state index contributed by atoms with van der Waals surface area (Å²) < 4.78 is 0. The number of carbonyl (C=O) groups is 1. The van der Waals surface area contributed by atoms with Crippen molar-refractivity contribution in [1.82, 2.24) is 0 Å². The number of carbonyl (C=O) groups excluding carboxylic acids is 1. The third-order valence-corrected chi connectivity index (χ3v) is 4.53. The van der Waals surface area contributed by atoms with Crippen molar-refractivity contribution in [2.24, 2.45) is 5.73 Å². The second kappa shape index (κ2) is 5.44. The number of hydrogen-bond acceptors (Lipinski definition) is 3. The number of hydrogen-bond donors (Lipinski definition) is 1. The number of benzene rings is 1. The lowest BCUT2D eigenvalue weighted by atomic mass is 10.1. The predicted molar refractivity (Wildman–Crippen MR) is 82.1 cm³/mol. The van der Waals surface area contributed by atoms with Crippen molar-refractivity contribution in [1.29, 1.82) is 0 Å². The lowest BCUT2D eigenvalue weighted by Crippen LogP contribution is -2.28. The lowest BCUT2D eigenvalue weighted by Gasteiger charge is -2.27. The normalized spacial score (nSPS) is 23.5. The lowest BCUT2D eigenvalue weighted by molar-refractivity contribution is -0.118. The van der Waals surface area contributed by atoms with Crippen LogP contribution in [0.1, 0.15) is 43.7 Å². The van der Waals surface area contributed by atoms with Gasteiger partial charge in [-0.1, -0.05) is 25.3 Å². The van der Waals surface area contributed by atoms with Gasteiger partial charge in [0.05, 0.1) is 5.69 Å². The zero-order valence-corrected chi connectivity index (χ0v) is 12.1. The predicted octanol–water partition coefficient (Wildman–Crippen LogP) is 2.43. The van der Waals surface area contributed by atoms with Crippen LogP contribution in [-0.4, -0.2) is 26.0 Å². The van der Waals surface area contributed by atoms with E-state index in [2.05, 4.69) is 17.0 Å². The van der Waals surface area contributed by atoms with Gasteiger partial charge in [0.25, 0.3) is 0 Å². The van der Waals surface area contributed by atoms with Crippen molar-refractivity contribution in [3.8, 4) is 0 Å². The minimum absolute atomic E-state index is 0.00943. The standard InChI is InChI=1S/C16H23N3O/c1-18-14-11-12(7-8-13(14)15(17)16(18)20)19-9-5-3-2-4-6-10-19/h7-8,11,15H,2-6,9-10,17H2,1H3. The van der Waals surface area contributed by atoms with Crippen molar-refractivity contribution in [2.45, 2.75) is 38.1 Å². The maximum absolute atomic E-state index is 11.9. The summed E-state index contributed by atoms with van der Waals surface area (Å²) in [5.74, 6) is -0.00943. The van der Waals surface area contributed by atoms with Crippen LogP contribution in [0.5, 0.6) is 0 Å². The van der Waals surface area contributed by atoms with Crippen LogP contribution in [0.25, 0.3) is 0 Å². The number of fused-ring (bicyclic) bond motifs is 1. The second-order valence-corrected chi connectivity index (χ2v) is 5.87. The van der Waals surface area contributed by atoms with Crippen molar-refractivity contribution in [3.05, 3.63) is 23.8 Å². The van der Waals surface area contributed by atoms with Crippen molar-refractivity contribution in [2.75, 3.05) is 29.9 Å². The fourth-order valence-electron chi connectivity index (χ4n) is 3.25. The Morgan fingerprint density at radius 2 is 1.75 bits per heavy atom. The molecule has 1 unspecified atom stereocenters. The molecule has 1 amide bonds. The van der Waals surface area contributed by atoms with Gasteiger partial charge in [0.15, 0.2) is 0 Å². The molecule has 2 aliphatic heterocycles. The maximum Gasteiger partial charge on any atom is 0.248 e. The van der Waals surface area contributed by atoms with Crippen LogP contribution < -0.4 is 15.5 Å². The molecule has 20 heavy (non-hydrogen) atoms. The number of anilines is 2. The largest absolute Gasteiger partial charge is 0.371 e. The molecule has 3 rings (SSSR count). The molecule has 108 valence electrons. The summed E-state index contributed by atoms with van der Waals surface area (Å²) in [6.07, 6.45) is 6.52. The molecule has 0 spiro atoms. The molecule has 1 atom stereocenters. The molecule has 1 aromatic carbocycles. The van der Waals surface area contributed by atoms with Crippen molar-refractivity contribution >= 4 is 17.3 Å². The van der Waals surface area contributed by atoms with E-state index < -0.39 is 6.04 Å². The topological polar surface area (TPSA) is 49.6 Å². The van der Waals surface area contributed by atoms with Gasteiger partial charge in [-0.05, 0) is 25.0 Å². The Bertz CT molecular complexity index is 506. The third kappa shape index (κ3) is 2.29. The van der Waals surface area contributed by atoms with Gasteiger partial charge in [0.1, 0.15) is 6.04 Å². The Hall–Kier alpha value is -1.55. The molecule has 0 aromatic heterocycles. The minimum atomic E-state index is -0.489. The Morgan fingerprint density at radius 3 is 2.45 bits per heavy atom. The van der Waals surface area contributed by atoms with Crippen molar-refractivity contribution in [3.63, 3.8) is 0 Å². The molecule has 0 saturated carbocycles. The SMILES string of the molecule is CN1C(=O)C(N)c2ccc(N3CCCCCCC3)cc21. The van der Waals surface area contributed by atoms with Crippen LogP contribution in [0, 0.1) is 0 Å². The number of nitrogens with two attached hydrogens (primary N) is 1. The van der Waals surface area contributed by atoms with E-state index in [1.165, 1.54) is 37.8 Å². The highest BCUT2D eigenvalue weighted by atomic mass is 16.2. The Morgan fingerprint density at radius 1 is 1.10 bits per heavy atom. The Balaban J connectivity index is 1.87. The second-order valence-electron chi connectivity index (χ2n) is 5.87. The molecule has 1 aromatic rings. The monoisotopic (exact) mass is 273 g/mol. The van der Waals surface area contributed by atoms with E-state index in [4.69, 9.17) is 5.73 Å². The number of nitrogens with zero attached hydrogens (tertiary/aromatic N) is 2. The maximum atomic E-state index is 11.9. The summed E-state index contributed by atoms with van der Waals surface area (Å²) in [6, 6.07) is 5.78. The molecule has 0 radical (unpaired) electrons. The smallest absolute Gasteiger partial charge is 0.248 e. The summed E-state index contributed by atoms with van der Waals surface area (Å²) >= 11 is 0. The van der Waals surface area contributed by atoms with E-state index in [0.29, 0.717) is 0 Å². The van der Waals surface area contributed by atoms with Crippen LogP contribution in [0.2, 0.25) is 0 Å². The van der Waals surface area contributed by atoms with Gasteiger partial charge in [-0.2, -0.15) is 0 Å². The first-order chi connectivity index (χ1) is 9.68. The first-order valence-electron chi connectivity index (χ1n) is 7.60. The highest BCUT2D eigenvalue weighted by molar-refractivity contribution is 6.04. The van der Waals surface area contributed by atoms with Crippen LogP contribution >= 0.6 is 0 Å². The highest BCUT2D eigenvalue weighted by Crippen LogP contribution is 2.36. The summed E-state index contributed by atoms with van der Waals surface area (Å²) in [7, 11) is 1.81. The van der Waals surface area contributed by atoms with Gasteiger partial charge in [-0.15, -0.1) is 0 Å². The molecule has 0 bridgehead atoms. The first kappa shape index (κ1) is 13.4. The first-order valence-corrected chi connectivity index (χ1v) is 7.60. The van der Waals surface area contributed by atoms with Gasteiger partial charge in [0.2, 0.25) is 5.91 Å². The van der Waals surface area contributed by atoms with Crippen LogP contribution in [0.3, 0.4) is 0 Å². The number of likely N-dealkylation sites (N-methyl/N-ethyl adjacent to an activating group) is 1. The molecule has 2 N–H and O–H groups in total. The summed E-state index contributed by atoms with van der Waals surface area (Å²) in [5, 5.41) is 0. The van der Waals surface area contributed by atoms with Crippen LogP contribution in [0.15, 0.2) is 18.2 Å². The molecule has 4 nitrogen and oxygen atoms in total. The van der Waals surface area contributed by atoms with Crippen LogP contribution in [-0.2, 0) is 4.79 Å². The Kier molecular flexibility index (Phi) is 3.66. The van der Waals surface area contributed by atoms with Gasteiger partial charge < -0.3 is 15.5 Å². The molecule has 1 fully saturated rings. The van der Waals surface area contributed by atoms with Gasteiger partial charge in [0, 0.05) is 31.4 Å². The summed E-state index contributed by atoms with van der Waals surface area (Å²) in [4.78, 5) is 16.1. The van der Waals surface area contributed by atoms with E-state index in [1.807, 2.05) is 13.1 Å². The summed E-state index contributed by atoms with van der Waals surface area (Å²) in [6.45, 7) is 2.23. The minimum Gasteiger partial charge on any atom is -0.371 e. The fraction of sp³-hybridized carbons (Fsp3) is 0.562. The third-order valence-electron chi connectivity index (χ3n) is 4.53. The molecule has 2 aliphatic rings. The van der Waals surface area contributed by atoms with E-state index in [1.54, 1.807) is 4.90 Å². The van der Waals surface area contributed by atoms with Gasteiger partial charge in [-0.3, -0.25) is 4.79 Å². The van der Waals surface area contributed by atoms with Gasteiger partial charge in [-0.25, -0.2) is 0 Å². The Labute approximate surface area is 120 Å². The van der Waals surface area contributed by atoms with E-state index >= 15 is 0 Å². The van der Waals surface area contributed by atoms with E-state index in [0.717, 1.165) is 24.3 Å². The molecule has 4 heteroatoms. The average molecular weight is 273 g/mol. The molecular weight excluding hydrogens is 250 g/mol. The van der Waals surface area contributed by atoms with E-state index in [-0.39, 0.29) is 5.91 Å². The quantitative estimate of drug-likeness (QED) is 0.855. The average Bonchev–Trinajstić information content (AvgIpc) is 2.63. The van der Waals surface area contributed by atoms with E-state index in [9.17, 15) is 4.79 Å². The van der Waals surface area contributed by atoms with Gasteiger partial charge >= 0.3 is 0 Å². The highest BCUT2D eigenvalue weighted by Gasteiger charge is 2.32. The molecule has 0 aliphatic carbocycles. The fourth-order valence-corrected chi connectivity index (χ4v) is 3.25. The van der Waals surface area contributed by atoms with Crippen molar-refractivity contribution < 1.29 is 4.79 Å². The number of amides is 1. The van der Waals surface area contributed by atoms with Crippen LogP contribution in [0.4, 0.5) is 11.4 Å².